The number of alkyl halides is 2. The van der Waals surface area contributed by atoms with Crippen LogP contribution in [0, 0.1) is 5.92 Å². The van der Waals surface area contributed by atoms with Gasteiger partial charge in [0, 0.05) is 23.4 Å². The molecule has 252 valence electrons. The molecule has 0 bridgehead atoms. The molecule has 2 unspecified atom stereocenters. The Morgan fingerprint density at radius 2 is 1.72 bits per heavy atom. The van der Waals surface area contributed by atoms with E-state index in [1.807, 2.05) is 30.3 Å². The van der Waals surface area contributed by atoms with E-state index in [-0.39, 0.29) is 34.1 Å². The van der Waals surface area contributed by atoms with Crippen LogP contribution in [0.1, 0.15) is 71.8 Å². The molecule has 2 saturated heterocycles. The maximum absolute atomic E-state index is 14.4. The third-order valence-electron chi connectivity index (χ3n) is 9.50. The molecule has 1 aliphatic carbocycles. The van der Waals surface area contributed by atoms with Gasteiger partial charge in [0.1, 0.15) is 18.2 Å². The number of benzene rings is 2. The fraction of sp³-hybridized carbons (Fsp3) is 0.485. The Morgan fingerprint density at radius 1 is 0.979 bits per heavy atom. The van der Waals surface area contributed by atoms with Crippen molar-refractivity contribution in [2.45, 2.75) is 68.8 Å². The second-order valence-electron chi connectivity index (χ2n) is 12.5. The first-order valence-corrected chi connectivity index (χ1v) is 18.4. The minimum atomic E-state index is -5.76. The summed E-state index contributed by atoms with van der Waals surface area (Å²) in [4.78, 5) is 63.7. The number of nitrogens with one attached hydrogen (secondary N) is 1. The zero-order valence-electron chi connectivity index (χ0n) is 25.7. The summed E-state index contributed by atoms with van der Waals surface area (Å²) in [7, 11) is -5.76. The number of fused-ring (bicyclic) bond motifs is 1. The highest BCUT2D eigenvalue weighted by atomic mass is 32.1. The summed E-state index contributed by atoms with van der Waals surface area (Å²) in [5.74, 6) is -1.08. The first-order chi connectivity index (χ1) is 22.4. The molecule has 2 aliphatic heterocycles. The van der Waals surface area contributed by atoms with Crippen LogP contribution in [0.4, 0.5) is 8.78 Å². The fourth-order valence-corrected chi connectivity index (χ4v) is 8.39. The number of nitrogens with zero attached hydrogens (tertiary/aromatic N) is 2. The van der Waals surface area contributed by atoms with Crippen LogP contribution >= 0.6 is 18.9 Å². The van der Waals surface area contributed by atoms with Crippen LogP contribution in [0.25, 0.3) is 10.1 Å². The van der Waals surface area contributed by atoms with Crippen LogP contribution in [0.15, 0.2) is 54.6 Å². The fourth-order valence-electron chi connectivity index (χ4n) is 6.97. The summed E-state index contributed by atoms with van der Waals surface area (Å²) in [5, 5.41) is 3.17. The summed E-state index contributed by atoms with van der Waals surface area (Å²) in [5.41, 5.74) is -4.24. The summed E-state index contributed by atoms with van der Waals surface area (Å²) >= 11 is 1.04. The number of ether oxygens (including phenoxy) is 1. The van der Waals surface area contributed by atoms with E-state index >= 15 is 0 Å². The Balaban J connectivity index is 1.20. The van der Waals surface area contributed by atoms with Crippen molar-refractivity contribution in [3.05, 3.63) is 70.6 Å². The van der Waals surface area contributed by atoms with Gasteiger partial charge in [-0.15, -0.1) is 11.3 Å². The molecule has 3 heterocycles. The number of carbonyl (C=O) groups excluding carboxylic acids is 3. The maximum atomic E-state index is 14.4. The number of morpholine rings is 1. The van der Waals surface area contributed by atoms with Gasteiger partial charge >= 0.3 is 13.3 Å². The number of halogens is 2. The van der Waals surface area contributed by atoms with Gasteiger partial charge in [-0.25, -0.2) is 0 Å². The third-order valence-corrected chi connectivity index (χ3v) is 11.6. The van der Waals surface area contributed by atoms with Crippen molar-refractivity contribution in [3.63, 3.8) is 0 Å². The van der Waals surface area contributed by atoms with Crippen LogP contribution in [-0.4, -0.2) is 75.6 Å². The van der Waals surface area contributed by atoms with Crippen LogP contribution < -0.4 is 5.32 Å². The smallest absolute Gasteiger partial charge is 0.370 e. The zero-order chi connectivity index (χ0) is 33.3. The van der Waals surface area contributed by atoms with E-state index in [9.17, 15) is 27.7 Å². The molecule has 47 heavy (non-hydrogen) atoms. The molecule has 1 aromatic heterocycles. The van der Waals surface area contributed by atoms with Gasteiger partial charge in [-0.3, -0.25) is 18.9 Å². The monoisotopic (exact) mass is 689 g/mol. The molecule has 1 saturated carbocycles. The number of hydrogen-bond acceptors (Lipinski definition) is 6. The van der Waals surface area contributed by atoms with E-state index in [0.717, 1.165) is 61.1 Å². The zero-order valence-corrected chi connectivity index (χ0v) is 27.4. The molecule has 0 spiro atoms. The lowest BCUT2D eigenvalue weighted by Gasteiger charge is -2.38. The van der Waals surface area contributed by atoms with Crippen molar-refractivity contribution in [2.75, 3.05) is 26.2 Å². The van der Waals surface area contributed by atoms with Gasteiger partial charge in [-0.2, -0.15) is 8.78 Å². The lowest BCUT2D eigenvalue weighted by atomic mass is 9.83. The summed E-state index contributed by atoms with van der Waals surface area (Å²) in [6.07, 6.45) is 5.31. The van der Waals surface area contributed by atoms with Crippen LogP contribution in [-0.2, 0) is 24.6 Å². The predicted molar refractivity (Wildman–Crippen MR) is 172 cm³/mol. The van der Waals surface area contributed by atoms with Gasteiger partial charge in [-0.05, 0) is 60.7 Å². The Hall–Kier alpha value is -3.22. The van der Waals surface area contributed by atoms with Crippen LogP contribution in [0.5, 0.6) is 0 Å². The molecule has 3 aliphatic rings. The lowest BCUT2D eigenvalue weighted by Crippen LogP contribution is -2.57. The first kappa shape index (κ1) is 33.7. The molecule has 3 fully saturated rings. The molecule has 3 N–H and O–H groups in total. The Bertz CT molecular complexity index is 1680. The number of thiophene rings is 1. The van der Waals surface area contributed by atoms with E-state index in [1.54, 1.807) is 9.80 Å². The van der Waals surface area contributed by atoms with Crippen molar-refractivity contribution in [2.24, 2.45) is 5.92 Å². The number of rotatable bonds is 8. The van der Waals surface area contributed by atoms with E-state index < -0.39 is 36.8 Å². The van der Waals surface area contributed by atoms with Crippen molar-refractivity contribution < 1.29 is 42.3 Å². The van der Waals surface area contributed by atoms with Crippen LogP contribution in [0.2, 0.25) is 0 Å². The average Bonchev–Trinajstić information content (AvgIpc) is 3.74. The van der Waals surface area contributed by atoms with Gasteiger partial charge in [0.15, 0.2) is 0 Å². The van der Waals surface area contributed by atoms with Crippen molar-refractivity contribution in [3.8, 4) is 0 Å². The normalized spacial score (nSPS) is 22.0. The van der Waals surface area contributed by atoms with Crippen molar-refractivity contribution in [1.29, 1.82) is 0 Å². The second kappa shape index (κ2) is 13.7. The quantitative estimate of drug-likeness (QED) is 0.270. The number of carbonyl (C=O) groups is 3. The van der Waals surface area contributed by atoms with Gasteiger partial charge in [0.2, 0.25) is 11.8 Å². The van der Waals surface area contributed by atoms with E-state index in [2.05, 4.69) is 5.32 Å². The third kappa shape index (κ3) is 7.00. The molecule has 3 aromatic rings. The highest BCUT2D eigenvalue weighted by molar-refractivity contribution is 7.52. The minimum absolute atomic E-state index is 0.120. The van der Waals surface area contributed by atoms with Crippen LogP contribution in [0.3, 0.4) is 0 Å². The average molecular weight is 690 g/mol. The predicted octanol–water partition coefficient (Wildman–Crippen LogP) is 5.40. The standard InChI is InChI=1S/C33H38F2N3O7PS/c34-33(35,46(42,43)44)24-13-14-27-23(18-24)19-28(47-27)30(39)36-29(22-10-5-2-6-11-22)32(41)38-15-7-12-25(38)31(40)37-16-17-45-26(20-37)21-8-3-1-4-9-21/h1,3-4,8-9,13-14,18-19,22,25-26,29H,2,5-7,10-12,15-17,20H2,(H,36,39)(H2,42,43,44)/t25?,26?,29-/m0/s1. The minimum Gasteiger partial charge on any atom is -0.370 e. The number of amides is 3. The number of likely N-dealkylation sites (tertiary alicyclic amines) is 1. The SMILES string of the molecule is O=C(N[C@H](C(=O)N1CCCC1C(=O)N1CCOC(c2ccccc2)C1)C1CCCCC1)c1cc2cc(C(F)(F)P(=O)(O)O)ccc2s1. The van der Waals surface area contributed by atoms with Gasteiger partial charge in [0.05, 0.1) is 18.0 Å². The Morgan fingerprint density at radius 3 is 2.45 bits per heavy atom. The van der Waals surface area contributed by atoms with E-state index in [0.29, 0.717) is 43.8 Å². The largest absolute Gasteiger partial charge is 0.399 e. The first-order valence-electron chi connectivity index (χ1n) is 16.0. The second-order valence-corrected chi connectivity index (χ2v) is 15.3. The molecular formula is C33H38F2N3O7PS. The summed E-state index contributed by atoms with van der Waals surface area (Å²) in [6, 6.07) is 12.8. The number of hydrogen-bond donors (Lipinski definition) is 3. The molecule has 3 amide bonds. The molecular weight excluding hydrogens is 651 g/mol. The maximum Gasteiger partial charge on any atom is 0.399 e. The molecule has 0 radical (unpaired) electrons. The van der Waals surface area contributed by atoms with Gasteiger partial charge in [0.25, 0.3) is 5.91 Å². The summed E-state index contributed by atoms with van der Waals surface area (Å²) in [6.45, 7) is 1.61. The van der Waals surface area contributed by atoms with Crippen molar-refractivity contribution in [1.82, 2.24) is 15.1 Å². The molecule has 6 rings (SSSR count). The summed E-state index contributed by atoms with van der Waals surface area (Å²) < 4.78 is 46.5. The highest BCUT2D eigenvalue weighted by Gasteiger charge is 2.50. The van der Waals surface area contributed by atoms with Crippen molar-refractivity contribution >= 4 is 46.7 Å². The molecule has 10 nitrogen and oxygen atoms in total. The topological polar surface area (TPSA) is 136 Å². The molecule has 3 atom stereocenters. The van der Waals surface area contributed by atoms with E-state index in [4.69, 9.17) is 14.5 Å². The van der Waals surface area contributed by atoms with Gasteiger partial charge in [-0.1, -0.05) is 55.7 Å². The Labute approximate surface area is 275 Å². The van der Waals surface area contributed by atoms with Gasteiger partial charge < -0.3 is 29.6 Å². The highest BCUT2D eigenvalue weighted by Crippen LogP contribution is 2.59. The van der Waals surface area contributed by atoms with E-state index in [1.165, 1.54) is 12.1 Å². The molecule has 14 heteroatoms. The lowest BCUT2D eigenvalue weighted by molar-refractivity contribution is -0.150. The molecule has 2 aromatic carbocycles. The Kier molecular flexibility index (Phi) is 9.83.